The van der Waals surface area contributed by atoms with Crippen LogP contribution >= 0.6 is 0 Å². The third kappa shape index (κ3) is 0.710. The van der Waals surface area contributed by atoms with E-state index in [0.717, 1.165) is 11.0 Å². The van der Waals surface area contributed by atoms with E-state index in [1.165, 1.54) is 5.46 Å². The van der Waals surface area contributed by atoms with E-state index in [-0.39, 0.29) is 0 Å². The van der Waals surface area contributed by atoms with E-state index in [4.69, 9.17) is 0 Å². The highest BCUT2D eigenvalue weighted by Gasteiger charge is 1.92. The van der Waals surface area contributed by atoms with Gasteiger partial charge in [-0.15, -0.1) is 0 Å². The molecule has 0 bridgehead atoms. The van der Waals surface area contributed by atoms with Gasteiger partial charge in [-0.1, -0.05) is 11.5 Å². The number of imidazole rings is 1. The quantitative estimate of drug-likeness (QED) is 0.492. The predicted molar refractivity (Wildman–Crippen MR) is 44.3 cm³/mol. The van der Waals surface area contributed by atoms with Gasteiger partial charge in [0.1, 0.15) is 7.85 Å². The molecule has 3 heteroatoms. The van der Waals surface area contributed by atoms with Gasteiger partial charge in [0.2, 0.25) is 0 Å². The van der Waals surface area contributed by atoms with E-state index >= 15 is 0 Å². The summed E-state index contributed by atoms with van der Waals surface area (Å²) in [5, 5.41) is 0. The molecule has 48 valence electrons. The average molecular weight is 130 g/mol. The Bertz CT molecular complexity index is 353. The fourth-order valence-corrected chi connectivity index (χ4v) is 1.05. The van der Waals surface area contributed by atoms with Gasteiger partial charge in [0.25, 0.3) is 0 Å². The van der Waals surface area contributed by atoms with Gasteiger partial charge < -0.3 is 4.98 Å². The topological polar surface area (TPSA) is 28.7 Å². The van der Waals surface area contributed by atoms with Crippen molar-refractivity contribution in [2.75, 3.05) is 0 Å². The van der Waals surface area contributed by atoms with Crippen molar-refractivity contribution in [1.29, 1.82) is 0 Å². The third-order valence-corrected chi connectivity index (χ3v) is 1.58. The van der Waals surface area contributed by atoms with E-state index < -0.39 is 0 Å². The van der Waals surface area contributed by atoms with Crippen molar-refractivity contribution in [3.05, 3.63) is 24.5 Å². The number of rotatable bonds is 0. The first-order valence-corrected chi connectivity index (χ1v) is 3.26. The van der Waals surface area contributed by atoms with Crippen molar-refractivity contribution in [2.24, 2.45) is 0 Å². The molecule has 1 N–H and O–H groups in total. The van der Waals surface area contributed by atoms with Crippen LogP contribution in [0.3, 0.4) is 0 Å². The molecule has 0 unspecified atom stereocenters. The Balaban J connectivity index is 2.86. The van der Waals surface area contributed by atoms with Crippen molar-refractivity contribution >= 4 is 24.3 Å². The lowest BCUT2D eigenvalue weighted by Crippen LogP contribution is -1.99. The summed E-state index contributed by atoms with van der Waals surface area (Å²) in [5.41, 5.74) is 3.40. The number of nitrogens with one attached hydrogen (secondary N) is 1. The fourth-order valence-electron chi connectivity index (χ4n) is 1.05. The Labute approximate surface area is 59.7 Å². The average Bonchev–Trinajstić information content (AvgIpc) is 2.33. The van der Waals surface area contributed by atoms with Crippen LogP contribution in [-0.4, -0.2) is 17.8 Å². The molecule has 1 aromatic heterocycles. The first-order chi connectivity index (χ1) is 4.86. The minimum absolute atomic E-state index is 1.03. The van der Waals surface area contributed by atoms with Crippen molar-refractivity contribution in [2.45, 2.75) is 0 Å². The Morgan fingerprint density at radius 1 is 1.40 bits per heavy atom. The lowest BCUT2D eigenvalue weighted by Gasteiger charge is -1.89. The van der Waals surface area contributed by atoms with Gasteiger partial charge in [0.15, 0.2) is 0 Å². The molecule has 0 saturated carbocycles. The number of hydrogen-bond acceptors (Lipinski definition) is 1. The number of hydrogen-bond donors (Lipinski definition) is 1. The van der Waals surface area contributed by atoms with E-state index in [0.29, 0.717) is 0 Å². The van der Waals surface area contributed by atoms with Crippen LogP contribution in [0.5, 0.6) is 0 Å². The normalized spacial score (nSPS) is 10.4. The van der Waals surface area contributed by atoms with Crippen LogP contribution in [0.1, 0.15) is 0 Å². The Morgan fingerprint density at radius 2 is 2.30 bits per heavy atom. The summed E-state index contributed by atoms with van der Waals surface area (Å²) in [6.45, 7) is 0. The molecule has 0 spiro atoms. The summed E-state index contributed by atoms with van der Waals surface area (Å²) in [6.07, 6.45) is 1.71. The van der Waals surface area contributed by atoms with Crippen LogP contribution in [0.25, 0.3) is 11.0 Å². The van der Waals surface area contributed by atoms with Crippen LogP contribution in [0.2, 0.25) is 0 Å². The highest BCUT2D eigenvalue weighted by molar-refractivity contribution is 6.33. The molecule has 0 amide bonds. The standard InChI is InChI=1S/C7H7BN2/c8-5-1-2-6-7(3-5)10-4-9-6/h1-4H,8H2,(H,9,10). The second kappa shape index (κ2) is 1.87. The zero-order valence-electron chi connectivity index (χ0n) is 5.76. The van der Waals surface area contributed by atoms with E-state index in [9.17, 15) is 0 Å². The van der Waals surface area contributed by atoms with E-state index in [1.807, 2.05) is 6.07 Å². The van der Waals surface area contributed by atoms with Crippen LogP contribution < -0.4 is 5.46 Å². The molecule has 1 aromatic carbocycles. The molecule has 0 aliphatic heterocycles. The Kier molecular flexibility index (Phi) is 1.03. The maximum atomic E-state index is 4.10. The first-order valence-electron chi connectivity index (χ1n) is 3.26. The molecular formula is C7H7BN2. The van der Waals surface area contributed by atoms with Gasteiger partial charge >= 0.3 is 0 Å². The molecule has 0 aliphatic carbocycles. The number of fused-ring (bicyclic) bond motifs is 1. The van der Waals surface area contributed by atoms with Crippen LogP contribution in [0, 0.1) is 0 Å². The number of nitrogens with zero attached hydrogens (tertiary/aromatic N) is 1. The number of aromatic nitrogens is 2. The largest absolute Gasteiger partial charge is 0.345 e. The molecule has 0 radical (unpaired) electrons. The summed E-state index contributed by atoms with van der Waals surface area (Å²) < 4.78 is 0. The molecule has 10 heavy (non-hydrogen) atoms. The first kappa shape index (κ1) is 5.53. The molecule has 2 aromatic rings. The predicted octanol–water partition coefficient (Wildman–Crippen LogP) is -0.179. The van der Waals surface area contributed by atoms with Gasteiger partial charge in [-0.2, -0.15) is 0 Å². The Hall–Kier alpha value is -1.25. The lowest BCUT2D eigenvalue weighted by molar-refractivity contribution is 1.34. The summed E-state index contributed by atoms with van der Waals surface area (Å²) in [6, 6.07) is 6.16. The molecule has 0 fully saturated rings. The van der Waals surface area contributed by atoms with E-state index in [1.54, 1.807) is 6.33 Å². The van der Waals surface area contributed by atoms with Gasteiger partial charge in [-0.3, -0.25) is 0 Å². The highest BCUT2D eigenvalue weighted by Crippen LogP contribution is 2.03. The van der Waals surface area contributed by atoms with Crippen molar-refractivity contribution < 1.29 is 0 Å². The lowest BCUT2D eigenvalue weighted by atomic mass is 9.96. The Morgan fingerprint density at radius 3 is 3.20 bits per heavy atom. The smallest absolute Gasteiger partial charge is 0.139 e. The summed E-state index contributed by atoms with van der Waals surface area (Å²) in [7, 11) is 2.07. The second-order valence-electron chi connectivity index (χ2n) is 2.42. The summed E-state index contributed by atoms with van der Waals surface area (Å²) >= 11 is 0. The van der Waals surface area contributed by atoms with Crippen molar-refractivity contribution in [1.82, 2.24) is 9.97 Å². The third-order valence-electron chi connectivity index (χ3n) is 1.58. The molecule has 0 aliphatic rings. The van der Waals surface area contributed by atoms with Crippen LogP contribution in [-0.2, 0) is 0 Å². The zero-order valence-corrected chi connectivity index (χ0v) is 5.76. The minimum Gasteiger partial charge on any atom is -0.345 e. The molecule has 0 saturated heterocycles. The highest BCUT2D eigenvalue weighted by atomic mass is 14.9. The summed E-state index contributed by atoms with van der Waals surface area (Å²) in [4.78, 5) is 7.15. The van der Waals surface area contributed by atoms with Crippen LogP contribution in [0.15, 0.2) is 24.5 Å². The fraction of sp³-hybridized carbons (Fsp3) is 0. The second-order valence-corrected chi connectivity index (χ2v) is 2.42. The van der Waals surface area contributed by atoms with Gasteiger partial charge in [0, 0.05) is 0 Å². The number of H-pyrrole nitrogens is 1. The zero-order chi connectivity index (χ0) is 6.97. The van der Waals surface area contributed by atoms with E-state index in [2.05, 4.69) is 29.9 Å². The molecule has 2 rings (SSSR count). The SMILES string of the molecule is Bc1ccc2nc[nH]c2c1. The molecular weight excluding hydrogens is 123 g/mol. The number of aromatic amines is 1. The molecule has 2 nitrogen and oxygen atoms in total. The maximum absolute atomic E-state index is 4.10. The van der Waals surface area contributed by atoms with Crippen molar-refractivity contribution in [3.63, 3.8) is 0 Å². The van der Waals surface area contributed by atoms with Gasteiger partial charge in [0.05, 0.1) is 17.4 Å². The van der Waals surface area contributed by atoms with Gasteiger partial charge in [-0.05, 0) is 12.1 Å². The molecule has 1 heterocycles. The summed E-state index contributed by atoms with van der Waals surface area (Å²) in [5.74, 6) is 0. The molecule has 0 atom stereocenters. The monoisotopic (exact) mass is 130 g/mol. The van der Waals surface area contributed by atoms with Crippen molar-refractivity contribution in [3.8, 4) is 0 Å². The minimum atomic E-state index is 1.03. The number of benzene rings is 1. The van der Waals surface area contributed by atoms with Crippen LogP contribution in [0.4, 0.5) is 0 Å². The van der Waals surface area contributed by atoms with Gasteiger partial charge in [-0.25, -0.2) is 4.98 Å². The maximum Gasteiger partial charge on any atom is 0.139 e.